The maximum Gasteiger partial charge on any atom is 0.306 e. The number of rotatable bonds is 6. The minimum atomic E-state index is -1.06. The van der Waals surface area contributed by atoms with E-state index in [1.54, 1.807) is 30.6 Å². The van der Waals surface area contributed by atoms with Gasteiger partial charge in [0.15, 0.2) is 0 Å². The van der Waals surface area contributed by atoms with E-state index in [4.69, 9.17) is 11.5 Å². The molecule has 144 valence electrons. The molecular weight excluding hydrogens is 358 g/mol. The highest BCUT2D eigenvalue weighted by molar-refractivity contribution is 5.95. The first-order valence-electron chi connectivity index (χ1n) is 8.92. The number of benzene rings is 1. The Morgan fingerprint density at radius 1 is 1.11 bits per heavy atom. The molecule has 28 heavy (non-hydrogen) atoms. The number of anilines is 2. The van der Waals surface area contributed by atoms with Gasteiger partial charge in [-0.1, -0.05) is 5.92 Å². The number of aliphatic carboxylic acids is 1. The molecule has 1 aliphatic heterocycles. The monoisotopic (exact) mass is 379 g/mol. The van der Waals surface area contributed by atoms with Crippen LogP contribution in [-0.4, -0.2) is 59.2 Å². The molecule has 8 heteroatoms. The molecule has 1 fully saturated rings. The van der Waals surface area contributed by atoms with Gasteiger partial charge in [-0.25, -0.2) is 9.97 Å². The molecule has 0 saturated carbocycles. The molecule has 8 nitrogen and oxygen atoms in total. The van der Waals surface area contributed by atoms with Gasteiger partial charge >= 0.3 is 5.97 Å². The van der Waals surface area contributed by atoms with Crippen molar-refractivity contribution < 1.29 is 14.7 Å². The molecule has 3 rings (SSSR count). The minimum Gasteiger partial charge on any atom is -0.481 e. The van der Waals surface area contributed by atoms with E-state index in [9.17, 15) is 9.59 Å². The number of terminal acetylenes is 1. The number of carbonyl (C=O) groups excluding carboxylic acids is 1. The highest BCUT2D eigenvalue weighted by Crippen LogP contribution is 2.19. The first-order valence-corrected chi connectivity index (χ1v) is 8.92. The smallest absolute Gasteiger partial charge is 0.306 e. The Morgan fingerprint density at radius 3 is 2.29 bits per heavy atom. The molecule has 2 heterocycles. The van der Waals surface area contributed by atoms with E-state index in [1.165, 1.54) is 0 Å². The molecule has 0 unspecified atom stereocenters. The third-order valence-electron chi connectivity index (χ3n) is 4.49. The van der Waals surface area contributed by atoms with Crippen LogP contribution in [0.5, 0.6) is 0 Å². The fraction of sp³-hybridized carbons (Fsp3) is 0.300. The van der Waals surface area contributed by atoms with Crippen molar-refractivity contribution in [3.63, 3.8) is 0 Å². The van der Waals surface area contributed by atoms with Crippen molar-refractivity contribution in [2.24, 2.45) is 0 Å². The summed E-state index contributed by atoms with van der Waals surface area (Å²) >= 11 is 0. The predicted molar refractivity (Wildman–Crippen MR) is 105 cm³/mol. The topological polar surface area (TPSA) is 98.7 Å². The molecule has 1 atom stereocenters. The zero-order valence-electron chi connectivity index (χ0n) is 15.3. The number of carbonyl (C=O) groups is 2. The molecule has 1 saturated heterocycles. The van der Waals surface area contributed by atoms with Crippen LogP contribution in [0, 0.1) is 12.3 Å². The van der Waals surface area contributed by atoms with Crippen LogP contribution < -0.4 is 15.1 Å². The third-order valence-corrected chi connectivity index (χ3v) is 4.49. The van der Waals surface area contributed by atoms with Crippen LogP contribution in [0.1, 0.15) is 16.8 Å². The zero-order valence-corrected chi connectivity index (χ0v) is 15.3. The average molecular weight is 379 g/mol. The molecule has 0 radical (unpaired) electrons. The molecule has 1 aromatic carbocycles. The number of carboxylic acid groups (broad SMARTS) is 1. The maximum atomic E-state index is 12.2. The first kappa shape index (κ1) is 19.2. The molecule has 2 aromatic rings. The van der Waals surface area contributed by atoms with E-state index in [0.29, 0.717) is 5.56 Å². The Labute approximate surface area is 163 Å². The summed E-state index contributed by atoms with van der Waals surface area (Å²) in [6, 6.07) is 8.15. The van der Waals surface area contributed by atoms with Gasteiger partial charge in [-0.2, -0.15) is 0 Å². The highest BCUT2D eigenvalue weighted by Gasteiger charge is 2.20. The van der Waals surface area contributed by atoms with Crippen molar-refractivity contribution in [1.82, 2.24) is 15.3 Å². The molecule has 1 aliphatic rings. The number of hydrogen-bond acceptors (Lipinski definition) is 6. The molecule has 0 bridgehead atoms. The fourth-order valence-electron chi connectivity index (χ4n) is 3.01. The molecule has 2 N–H and O–H groups in total. The second kappa shape index (κ2) is 8.86. The molecule has 0 aliphatic carbocycles. The molecule has 1 amide bonds. The lowest BCUT2D eigenvalue weighted by Crippen LogP contribution is -2.47. The van der Waals surface area contributed by atoms with Gasteiger partial charge in [-0.05, 0) is 30.3 Å². The molecule has 1 aromatic heterocycles. The Kier molecular flexibility index (Phi) is 6.07. The largest absolute Gasteiger partial charge is 0.481 e. The van der Waals surface area contributed by atoms with Crippen LogP contribution in [0.25, 0.3) is 0 Å². The van der Waals surface area contributed by atoms with Gasteiger partial charge in [-0.3, -0.25) is 9.59 Å². The summed E-state index contributed by atoms with van der Waals surface area (Å²) in [6.45, 7) is 3.26. The van der Waals surface area contributed by atoms with Gasteiger partial charge in [0.2, 0.25) is 5.95 Å². The Hall–Kier alpha value is -3.60. The molecular formula is C20H21N5O3. The summed E-state index contributed by atoms with van der Waals surface area (Å²) < 4.78 is 0. The quantitative estimate of drug-likeness (QED) is 0.723. The SMILES string of the molecule is C#C[C@H](CC(=O)O)NC(=O)c1ccc(N2CCN(c3ncccn3)CC2)cc1. The summed E-state index contributed by atoms with van der Waals surface area (Å²) in [6.07, 6.45) is 8.44. The van der Waals surface area contributed by atoms with E-state index >= 15 is 0 Å². The lowest BCUT2D eigenvalue weighted by molar-refractivity contribution is -0.137. The second-order valence-electron chi connectivity index (χ2n) is 6.36. The van der Waals surface area contributed by atoms with Crippen LogP contribution in [-0.2, 0) is 4.79 Å². The van der Waals surface area contributed by atoms with Crippen molar-refractivity contribution in [3.8, 4) is 12.3 Å². The van der Waals surface area contributed by atoms with Crippen LogP contribution >= 0.6 is 0 Å². The summed E-state index contributed by atoms with van der Waals surface area (Å²) in [4.78, 5) is 35.9. The van der Waals surface area contributed by atoms with E-state index in [0.717, 1.165) is 37.8 Å². The van der Waals surface area contributed by atoms with Gasteiger partial charge in [0.25, 0.3) is 5.91 Å². The minimum absolute atomic E-state index is 0.310. The van der Waals surface area contributed by atoms with Crippen LogP contribution in [0.15, 0.2) is 42.7 Å². The predicted octanol–water partition coefficient (Wildman–Crippen LogP) is 1.01. The standard InChI is InChI=1S/C20H21N5O3/c1-2-16(14-18(26)27)23-19(28)15-4-6-17(7-5-15)24-10-12-25(13-11-24)20-21-8-3-9-22-20/h1,3-9,16H,10-14H2,(H,23,28)(H,26,27)/t16-/m1/s1. The number of carboxylic acids is 1. The lowest BCUT2D eigenvalue weighted by atomic mass is 10.1. The Bertz CT molecular complexity index is 856. The normalized spacial score (nSPS) is 14.8. The van der Waals surface area contributed by atoms with Gasteiger partial charge in [0, 0.05) is 49.8 Å². The van der Waals surface area contributed by atoms with Gasteiger partial charge in [0.05, 0.1) is 6.42 Å². The van der Waals surface area contributed by atoms with Crippen molar-refractivity contribution in [1.29, 1.82) is 0 Å². The van der Waals surface area contributed by atoms with E-state index in [1.807, 2.05) is 12.1 Å². The fourth-order valence-corrected chi connectivity index (χ4v) is 3.01. The number of aromatic nitrogens is 2. The first-order chi connectivity index (χ1) is 13.6. The van der Waals surface area contributed by atoms with Crippen molar-refractivity contribution in [2.45, 2.75) is 12.5 Å². The van der Waals surface area contributed by atoms with E-state index in [2.05, 4.69) is 31.0 Å². The van der Waals surface area contributed by atoms with Gasteiger partial charge in [-0.15, -0.1) is 6.42 Å². The Morgan fingerprint density at radius 2 is 1.71 bits per heavy atom. The van der Waals surface area contributed by atoms with Crippen molar-refractivity contribution in [2.75, 3.05) is 36.0 Å². The average Bonchev–Trinajstić information content (AvgIpc) is 2.74. The third kappa shape index (κ3) is 4.76. The van der Waals surface area contributed by atoms with Gasteiger partial charge < -0.3 is 20.2 Å². The second-order valence-corrected chi connectivity index (χ2v) is 6.36. The summed E-state index contributed by atoms with van der Waals surface area (Å²) in [7, 11) is 0. The molecule has 0 spiro atoms. The van der Waals surface area contributed by atoms with Crippen LogP contribution in [0.4, 0.5) is 11.6 Å². The maximum absolute atomic E-state index is 12.2. The summed E-state index contributed by atoms with van der Waals surface area (Å²) in [5, 5.41) is 11.4. The van der Waals surface area contributed by atoms with Gasteiger partial charge in [0.1, 0.15) is 6.04 Å². The number of hydrogen-bond donors (Lipinski definition) is 2. The van der Waals surface area contributed by atoms with Crippen LogP contribution in [0.3, 0.4) is 0 Å². The van der Waals surface area contributed by atoms with E-state index < -0.39 is 12.0 Å². The van der Waals surface area contributed by atoms with E-state index in [-0.39, 0.29) is 12.3 Å². The summed E-state index contributed by atoms with van der Waals surface area (Å²) in [5.41, 5.74) is 1.45. The Balaban J connectivity index is 1.57. The van der Waals surface area contributed by atoms with Crippen LogP contribution in [0.2, 0.25) is 0 Å². The lowest BCUT2D eigenvalue weighted by Gasteiger charge is -2.36. The van der Waals surface area contributed by atoms with Crippen molar-refractivity contribution in [3.05, 3.63) is 48.3 Å². The number of nitrogens with one attached hydrogen (secondary N) is 1. The highest BCUT2D eigenvalue weighted by atomic mass is 16.4. The van der Waals surface area contributed by atoms with Crippen molar-refractivity contribution >= 4 is 23.5 Å². The number of nitrogens with zero attached hydrogens (tertiary/aromatic N) is 4. The summed E-state index contributed by atoms with van der Waals surface area (Å²) in [5.74, 6) is 1.57. The number of amides is 1. The number of piperazine rings is 1. The zero-order chi connectivity index (χ0) is 19.9.